The van der Waals surface area contributed by atoms with Crippen LogP contribution in [-0.4, -0.2) is 20.4 Å². The molecule has 6 nitrogen and oxygen atoms in total. The predicted molar refractivity (Wildman–Crippen MR) is 95.3 cm³/mol. The molecule has 0 aromatic heterocycles. The molecule has 0 bridgehead atoms. The fraction of sp³-hybridized carbons (Fsp3) is 0.235. The first-order chi connectivity index (χ1) is 11.3. The van der Waals surface area contributed by atoms with Gasteiger partial charge in [-0.2, -0.15) is 0 Å². The first-order valence-electron chi connectivity index (χ1n) is 7.59. The van der Waals surface area contributed by atoms with Gasteiger partial charge in [0.15, 0.2) is 0 Å². The maximum Gasteiger partial charge on any atom is 0.246 e. The molecule has 0 fully saturated rings. The van der Waals surface area contributed by atoms with Gasteiger partial charge < -0.3 is 10.6 Å². The minimum absolute atomic E-state index is 0.00328. The number of hydrogen-bond donors (Lipinski definition) is 3. The minimum Gasteiger partial charge on any atom is -0.374 e. The topological polar surface area (TPSA) is 101 Å². The van der Waals surface area contributed by atoms with Crippen LogP contribution in [0.25, 0.3) is 0 Å². The second-order valence-corrected chi connectivity index (χ2v) is 7.00. The molecule has 0 unspecified atom stereocenters. The number of sulfonamides is 1. The molecule has 2 aromatic carbocycles. The van der Waals surface area contributed by atoms with Gasteiger partial charge >= 0.3 is 0 Å². The molecule has 0 spiro atoms. The third-order valence-electron chi connectivity index (χ3n) is 3.61. The number of amides is 1. The van der Waals surface area contributed by atoms with Crippen molar-refractivity contribution >= 4 is 27.3 Å². The van der Waals surface area contributed by atoms with Crippen molar-refractivity contribution in [3.05, 3.63) is 54.1 Å². The fourth-order valence-electron chi connectivity index (χ4n) is 2.25. The van der Waals surface area contributed by atoms with Crippen LogP contribution in [0.1, 0.15) is 19.4 Å². The fourth-order valence-corrected chi connectivity index (χ4v) is 2.76. The third-order valence-corrected chi connectivity index (χ3v) is 4.54. The molecule has 0 saturated carbocycles. The first-order valence-corrected chi connectivity index (χ1v) is 9.14. The average Bonchev–Trinajstić information content (AvgIpc) is 2.55. The van der Waals surface area contributed by atoms with Crippen LogP contribution in [0, 0.1) is 0 Å². The summed E-state index contributed by atoms with van der Waals surface area (Å²) in [5.74, 6) is -0.218. The van der Waals surface area contributed by atoms with Crippen molar-refractivity contribution in [1.82, 2.24) is 0 Å². The summed E-state index contributed by atoms with van der Waals surface area (Å²) in [7, 11) is -3.74. The molecule has 0 radical (unpaired) electrons. The van der Waals surface area contributed by atoms with Gasteiger partial charge in [-0.25, -0.2) is 13.6 Å². The Morgan fingerprint density at radius 3 is 2.33 bits per heavy atom. The highest BCUT2D eigenvalue weighted by Crippen LogP contribution is 2.17. The van der Waals surface area contributed by atoms with E-state index in [0.717, 1.165) is 17.7 Å². The lowest BCUT2D eigenvalue weighted by atomic mass is 10.1. The van der Waals surface area contributed by atoms with E-state index in [1.54, 1.807) is 6.92 Å². The third kappa shape index (κ3) is 4.56. The van der Waals surface area contributed by atoms with Crippen LogP contribution in [0.4, 0.5) is 11.4 Å². The van der Waals surface area contributed by atoms with Gasteiger partial charge in [0, 0.05) is 11.4 Å². The number of hydrogen-bond acceptors (Lipinski definition) is 4. The molecule has 24 heavy (non-hydrogen) atoms. The molecule has 1 amide bonds. The number of nitrogens with two attached hydrogens (primary N) is 1. The van der Waals surface area contributed by atoms with E-state index in [9.17, 15) is 13.2 Å². The van der Waals surface area contributed by atoms with Crippen molar-refractivity contribution in [3.63, 3.8) is 0 Å². The Balaban J connectivity index is 2.04. The normalized spacial score (nSPS) is 12.5. The number of para-hydroxylation sites is 1. The van der Waals surface area contributed by atoms with E-state index in [1.807, 2.05) is 24.3 Å². The number of benzene rings is 2. The number of carbonyl (C=O) groups is 1. The Morgan fingerprint density at radius 1 is 1.12 bits per heavy atom. The van der Waals surface area contributed by atoms with E-state index in [-0.39, 0.29) is 10.8 Å². The summed E-state index contributed by atoms with van der Waals surface area (Å²) in [6.07, 6.45) is 0.868. The van der Waals surface area contributed by atoms with E-state index in [0.29, 0.717) is 5.69 Å². The number of nitrogens with one attached hydrogen (secondary N) is 2. The van der Waals surface area contributed by atoms with Crippen molar-refractivity contribution in [3.8, 4) is 0 Å². The number of aryl methyl sites for hydroxylation is 1. The van der Waals surface area contributed by atoms with Crippen molar-refractivity contribution < 1.29 is 13.2 Å². The molecule has 0 saturated heterocycles. The van der Waals surface area contributed by atoms with Crippen LogP contribution in [0.2, 0.25) is 0 Å². The highest BCUT2D eigenvalue weighted by atomic mass is 32.2. The second kappa shape index (κ2) is 7.46. The monoisotopic (exact) mass is 347 g/mol. The first kappa shape index (κ1) is 18.0. The van der Waals surface area contributed by atoms with Crippen LogP contribution in [-0.2, 0) is 21.2 Å². The molecule has 128 valence electrons. The standard InChI is InChI=1S/C17H21N3O3S/c1-3-13-6-4-5-7-16(13)19-12(2)17(21)20-14-8-10-15(11-9-14)24(18,22)23/h4-12,19H,3H2,1-2H3,(H,20,21)(H2,18,22,23)/t12-/m0/s1. The molecule has 2 rings (SSSR count). The molecule has 1 atom stereocenters. The quantitative estimate of drug-likeness (QED) is 0.746. The summed E-state index contributed by atoms with van der Waals surface area (Å²) < 4.78 is 22.4. The van der Waals surface area contributed by atoms with Gasteiger partial charge in [0.05, 0.1) is 4.90 Å². The Hall–Kier alpha value is -2.38. The van der Waals surface area contributed by atoms with Gasteiger partial charge in [0.1, 0.15) is 6.04 Å². The molecule has 7 heteroatoms. The van der Waals surface area contributed by atoms with Gasteiger partial charge in [-0.15, -0.1) is 0 Å². The SMILES string of the molecule is CCc1ccccc1N[C@@H](C)C(=O)Nc1ccc(S(N)(=O)=O)cc1. The zero-order chi connectivity index (χ0) is 17.7. The summed E-state index contributed by atoms with van der Waals surface area (Å²) in [4.78, 5) is 12.3. The summed E-state index contributed by atoms with van der Waals surface area (Å²) in [6, 6.07) is 13.1. The summed E-state index contributed by atoms with van der Waals surface area (Å²) >= 11 is 0. The van der Waals surface area contributed by atoms with Crippen molar-refractivity contribution in [1.29, 1.82) is 0 Å². The van der Waals surface area contributed by atoms with Crippen LogP contribution in [0.15, 0.2) is 53.4 Å². The molecule has 0 aliphatic rings. The number of carbonyl (C=O) groups excluding carboxylic acids is 1. The molecule has 0 heterocycles. The summed E-state index contributed by atoms with van der Waals surface area (Å²) in [6.45, 7) is 3.82. The van der Waals surface area contributed by atoms with E-state index in [1.165, 1.54) is 24.3 Å². The minimum atomic E-state index is -3.74. The largest absolute Gasteiger partial charge is 0.374 e. The lowest BCUT2D eigenvalue weighted by molar-refractivity contribution is -0.116. The van der Waals surface area contributed by atoms with Crippen molar-refractivity contribution in [2.45, 2.75) is 31.2 Å². The van der Waals surface area contributed by atoms with Crippen LogP contribution in [0.3, 0.4) is 0 Å². The van der Waals surface area contributed by atoms with Gasteiger partial charge in [-0.3, -0.25) is 4.79 Å². The van der Waals surface area contributed by atoms with Crippen molar-refractivity contribution in [2.24, 2.45) is 5.14 Å². The highest BCUT2D eigenvalue weighted by molar-refractivity contribution is 7.89. The van der Waals surface area contributed by atoms with E-state index >= 15 is 0 Å². The summed E-state index contributed by atoms with van der Waals surface area (Å²) in [5.41, 5.74) is 2.56. The molecular formula is C17H21N3O3S. The van der Waals surface area contributed by atoms with E-state index < -0.39 is 16.1 Å². The highest BCUT2D eigenvalue weighted by Gasteiger charge is 2.14. The van der Waals surface area contributed by atoms with E-state index in [4.69, 9.17) is 5.14 Å². The van der Waals surface area contributed by atoms with Crippen LogP contribution < -0.4 is 15.8 Å². The molecular weight excluding hydrogens is 326 g/mol. The van der Waals surface area contributed by atoms with Gasteiger partial charge in [0.25, 0.3) is 0 Å². The lowest BCUT2D eigenvalue weighted by Gasteiger charge is -2.17. The molecule has 2 aromatic rings. The smallest absolute Gasteiger partial charge is 0.246 e. The maximum absolute atomic E-state index is 12.3. The Labute approximate surface area is 142 Å². The maximum atomic E-state index is 12.3. The van der Waals surface area contributed by atoms with Gasteiger partial charge in [-0.1, -0.05) is 25.1 Å². The second-order valence-electron chi connectivity index (χ2n) is 5.44. The molecule has 4 N–H and O–H groups in total. The Bertz CT molecular complexity index is 817. The Morgan fingerprint density at radius 2 is 1.75 bits per heavy atom. The number of primary sulfonamides is 1. The van der Waals surface area contributed by atoms with Crippen LogP contribution >= 0.6 is 0 Å². The Kier molecular flexibility index (Phi) is 5.58. The number of anilines is 2. The zero-order valence-electron chi connectivity index (χ0n) is 13.6. The van der Waals surface area contributed by atoms with E-state index in [2.05, 4.69) is 17.6 Å². The van der Waals surface area contributed by atoms with Crippen molar-refractivity contribution in [2.75, 3.05) is 10.6 Å². The van der Waals surface area contributed by atoms with Gasteiger partial charge in [-0.05, 0) is 49.2 Å². The lowest BCUT2D eigenvalue weighted by Crippen LogP contribution is -2.32. The average molecular weight is 347 g/mol. The zero-order valence-corrected chi connectivity index (χ0v) is 14.4. The number of rotatable bonds is 6. The van der Waals surface area contributed by atoms with Gasteiger partial charge in [0.2, 0.25) is 15.9 Å². The summed E-state index contributed by atoms with van der Waals surface area (Å²) in [5, 5.41) is 11.0. The van der Waals surface area contributed by atoms with Crippen LogP contribution in [0.5, 0.6) is 0 Å². The molecule has 0 aliphatic heterocycles. The molecule has 0 aliphatic carbocycles. The predicted octanol–water partition coefficient (Wildman–Crippen LogP) is 2.34.